The first kappa shape index (κ1) is 30.0. The maximum absolute atomic E-state index is 13.9. The van der Waals surface area contributed by atoms with Crippen LogP contribution in [0.5, 0.6) is 0 Å². The normalized spacial score (nSPS) is 13.6. The number of anilines is 1. The molecule has 2 aromatic rings. The van der Waals surface area contributed by atoms with E-state index in [9.17, 15) is 18.8 Å². The number of benzene rings is 1. The van der Waals surface area contributed by atoms with Crippen molar-refractivity contribution in [2.24, 2.45) is 0 Å². The van der Waals surface area contributed by atoms with Crippen LogP contribution >= 0.6 is 0 Å². The average Bonchev–Trinajstić information content (AvgIpc) is 3.37. The highest BCUT2D eigenvalue weighted by Crippen LogP contribution is 2.34. The summed E-state index contributed by atoms with van der Waals surface area (Å²) in [5.41, 5.74) is 3.20. The molecule has 1 aliphatic heterocycles. The third kappa shape index (κ3) is 7.31. The lowest BCUT2D eigenvalue weighted by molar-refractivity contribution is -0.110. The molecule has 0 fully saturated rings. The average molecular weight is 544 g/mol. The Balaban J connectivity index is 1.85. The van der Waals surface area contributed by atoms with Gasteiger partial charge in [0.2, 0.25) is 0 Å². The van der Waals surface area contributed by atoms with Gasteiger partial charge in [-0.25, -0.2) is 14.1 Å². The molecule has 39 heavy (non-hydrogen) atoms. The van der Waals surface area contributed by atoms with Gasteiger partial charge in [-0.15, -0.1) is 0 Å². The van der Waals surface area contributed by atoms with Crippen LogP contribution in [0, 0.1) is 19.7 Å². The van der Waals surface area contributed by atoms with Crippen molar-refractivity contribution in [3.05, 3.63) is 52.1 Å². The molecule has 212 valence electrons. The fraction of sp³-hybridized carbons (Fsp3) is 0.464. The third-order valence-corrected chi connectivity index (χ3v) is 6.69. The number of nitrogens with one attached hydrogen (secondary N) is 3. The van der Waals surface area contributed by atoms with Gasteiger partial charge in [-0.3, -0.25) is 9.59 Å². The molecule has 0 radical (unpaired) electrons. The fourth-order valence-corrected chi connectivity index (χ4v) is 4.42. The van der Waals surface area contributed by atoms with Gasteiger partial charge < -0.3 is 30.0 Å². The van der Waals surface area contributed by atoms with E-state index in [4.69, 9.17) is 9.47 Å². The van der Waals surface area contributed by atoms with Crippen LogP contribution in [0.1, 0.15) is 46.7 Å². The van der Waals surface area contributed by atoms with Crippen LogP contribution in [0.15, 0.2) is 18.2 Å². The van der Waals surface area contributed by atoms with E-state index < -0.39 is 17.8 Å². The molecular weight excluding hydrogens is 505 g/mol. The molecule has 0 saturated carbocycles. The van der Waals surface area contributed by atoms with E-state index in [0.717, 1.165) is 18.0 Å². The Labute approximate surface area is 228 Å². The number of fused-ring (bicyclic) bond motifs is 1. The highest BCUT2D eigenvalue weighted by Gasteiger charge is 2.30. The molecule has 3 rings (SSSR count). The number of aryl methyl sites for hydroxylation is 1. The second-order valence-electron chi connectivity index (χ2n) is 9.18. The van der Waals surface area contributed by atoms with E-state index in [1.807, 2.05) is 20.9 Å². The summed E-state index contributed by atoms with van der Waals surface area (Å²) in [5, 5.41) is 5.69. The van der Waals surface area contributed by atoms with Crippen molar-refractivity contribution in [1.29, 1.82) is 0 Å². The van der Waals surface area contributed by atoms with Gasteiger partial charge in [0.15, 0.2) is 0 Å². The van der Waals surface area contributed by atoms with Gasteiger partial charge in [-0.1, -0.05) is 13.8 Å². The van der Waals surface area contributed by atoms with E-state index in [2.05, 4.69) is 20.5 Å². The van der Waals surface area contributed by atoms with Gasteiger partial charge in [-0.05, 0) is 63.8 Å². The number of carbonyl (C=O) groups excluding carboxylic acids is 3. The van der Waals surface area contributed by atoms with Crippen LogP contribution in [-0.4, -0.2) is 92.3 Å². The van der Waals surface area contributed by atoms with Gasteiger partial charge in [-0.2, -0.15) is 0 Å². The van der Waals surface area contributed by atoms with Crippen LogP contribution in [0.25, 0.3) is 11.6 Å². The second-order valence-corrected chi connectivity index (χ2v) is 9.18. The van der Waals surface area contributed by atoms with Gasteiger partial charge in [0.1, 0.15) is 12.4 Å². The minimum Gasteiger partial charge on any atom is -0.447 e. The Hall–Kier alpha value is -3.54. The second kappa shape index (κ2) is 14.0. The standard InChI is InChI=1S/C28H38FN5O5/c1-6-33(7-2)11-12-34(28(37)39-15-14-38-13-10-30-5)27(36)25-18(3)24(31-19(25)4)17-22-21-16-20(29)8-9-23(21)32-26(22)35/h8-9,16-17,30-31H,6-7,10-15H2,1-5H3,(H,32,35)/b22-17-. The molecule has 1 aromatic carbocycles. The van der Waals surface area contributed by atoms with Crippen molar-refractivity contribution in [3.8, 4) is 0 Å². The molecule has 2 heterocycles. The van der Waals surface area contributed by atoms with Crippen LogP contribution in [0.3, 0.4) is 0 Å². The number of carbonyl (C=O) groups is 3. The Morgan fingerprint density at radius 1 is 1.10 bits per heavy atom. The van der Waals surface area contributed by atoms with Gasteiger partial charge in [0.25, 0.3) is 11.8 Å². The predicted octanol–water partition coefficient (Wildman–Crippen LogP) is 3.42. The number of H-pyrrole nitrogens is 1. The van der Waals surface area contributed by atoms with Crippen LogP contribution in [0.4, 0.5) is 14.9 Å². The Morgan fingerprint density at radius 2 is 1.85 bits per heavy atom. The van der Waals surface area contributed by atoms with Crippen molar-refractivity contribution in [3.63, 3.8) is 0 Å². The van der Waals surface area contributed by atoms with Gasteiger partial charge in [0, 0.05) is 42.3 Å². The summed E-state index contributed by atoms with van der Waals surface area (Å²) in [6, 6.07) is 4.09. The van der Waals surface area contributed by atoms with Crippen LogP contribution < -0.4 is 10.6 Å². The highest BCUT2D eigenvalue weighted by atomic mass is 19.1. The van der Waals surface area contributed by atoms with Crippen molar-refractivity contribution < 1.29 is 28.2 Å². The fourth-order valence-electron chi connectivity index (χ4n) is 4.42. The monoisotopic (exact) mass is 543 g/mol. The van der Waals surface area contributed by atoms with E-state index in [1.165, 1.54) is 18.2 Å². The zero-order valence-electron chi connectivity index (χ0n) is 23.3. The number of nitrogens with zero attached hydrogens (tertiary/aromatic N) is 2. The van der Waals surface area contributed by atoms with Gasteiger partial charge in [0.05, 0.1) is 24.4 Å². The SMILES string of the molecule is CCN(CC)CCN(C(=O)OCCOCCNC)C(=O)c1c(C)[nH]c(/C=C2\C(=O)Nc3ccc(F)cc32)c1C. The number of halogens is 1. The first-order valence-corrected chi connectivity index (χ1v) is 13.2. The lowest BCUT2D eigenvalue weighted by Crippen LogP contribution is -2.43. The molecule has 1 aliphatic rings. The molecule has 3 amide bonds. The van der Waals surface area contributed by atoms with Crippen molar-refractivity contribution in [2.75, 3.05) is 64.9 Å². The smallest absolute Gasteiger partial charge is 0.416 e. The molecule has 0 bridgehead atoms. The van der Waals surface area contributed by atoms with Crippen molar-refractivity contribution >= 4 is 35.2 Å². The van der Waals surface area contributed by atoms with Crippen LogP contribution in [-0.2, 0) is 14.3 Å². The number of aromatic amines is 1. The number of rotatable bonds is 13. The molecule has 0 spiro atoms. The first-order valence-electron chi connectivity index (χ1n) is 13.2. The number of aromatic nitrogens is 1. The quantitative estimate of drug-likeness (QED) is 0.262. The topological polar surface area (TPSA) is 116 Å². The molecule has 0 atom stereocenters. The maximum atomic E-state index is 13.9. The van der Waals surface area contributed by atoms with E-state index >= 15 is 0 Å². The number of ether oxygens (including phenoxy) is 2. The summed E-state index contributed by atoms with van der Waals surface area (Å²) in [6.45, 7) is 11.1. The molecule has 0 unspecified atom stereocenters. The summed E-state index contributed by atoms with van der Waals surface area (Å²) in [5.74, 6) is -1.32. The lowest BCUT2D eigenvalue weighted by atomic mass is 10.0. The molecule has 11 heteroatoms. The summed E-state index contributed by atoms with van der Waals surface area (Å²) >= 11 is 0. The highest BCUT2D eigenvalue weighted by molar-refractivity contribution is 6.35. The zero-order chi connectivity index (χ0) is 28.5. The zero-order valence-corrected chi connectivity index (χ0v) is 23.3. The van der Waals surface area contributed by atoms with E-state index in [0.29, 0.717) is 53.5 Å². The molecule has 10 nitrogen and oxygen atoms in total. The largest absolute Gasteiger partial charge is 0.447 e. The van der Waals surface area contributed by atoms with E-state index in [-0.39, 0.29) is 31.2 Å². The van der Waals surface area contributed by atoms with Gasteiger partial charge >= 0.3 is 6.09 Å². The molecule has 3 N–H and O–H groups in total. The summed E-state index contributed by atoms with van der Waals surface area (Å²) < 4.78 is 24.7. The van der Waals surface area contributed by atoms with Crippen molar-refractivity contribution in [2.45, 2.75) is 27.7 Å². The van der Waals surface area contributed by atoms with Crippen molar-refractivity contribution in [1.82, 2.24) is 20.1 Å². The van der Waals surface area contributed by atoms with Crippen LogP contribution in [0.2, 0.25) is 0 Å². The van der Waals surface area contributed by atoms with E-state index in [1.54, 1.807) is 19.9 Å². The molecule has 1 aromatic heterocycles. The minimum atomic E-state index is -0.746. The number of amides is 3. The summed E-state index contributed by atoms with van der Waals surface area (Å²) in [4.78, 5) is 45.8. The summed E-state index contributed by atoms with van der Waals surface area (Å²) in [6.07, 6.45) is 0.852. The molecule has 0 saturated heterocycles. The minimum absolute atomic E-state index is 0.0190. The third-order valence-electron chi connectivity index (χ3n) is 6.69. The Bertz CT molecular complexity index is 1220. The first-order chi connectivity index (χ1) is 18.7. The number of hydrogen-bond donors (Lipinski definition) is 3. The number of imide groups is 1. The Kier molecular flexibility index (Phi) is 10.8. The molecule has 0 aliphatic carbocycles. The lowest BCUT2D eigenvalue weighted by Gasteiger charge is -2.25. The predicted molar refractivity (Wildman–Crippen MR) is 148 cm³/mol. The Morgan fingerprint density at radius 3 is 2.54 bits per heavy atom. The summed E-state index contributed by atoms with van der Waals surface area (Å²) in [7, 11) is 1.82. The number of likely N-dealkylation sites (N-methyl/N-ethyl adjacent to an activating group) is 2. The molecular formula is C28H38FN5O5. The number of hydrogen-bond acceptors (Lipinski definition) is 7. The maximum Gasteiger partial charge on any atom is 0.416 e.